The Hall–Kier alpha value is -1.31. The molecule has 0 aliphatic rings. The molecule has 0 atom stereocenters. The highest BCUT2D eigenvalue weighted by molar-refractivity contribution is 6.02. The highest BCUT2D eigenvalue weighted by Gasteiger charge is 2.07. The van der Waals surface area contributed by atoms with Crippen LogP contribution >= 0.6 is 0 Å². The van der Waals surface area contributed by atoms with Crippen molar-refractivity contribution in [1.82, 2.24) is 0 Å². The van der Waals surface area contributed by atoms with Crippen molar-refractivity contribution >= 4 is 11.4 Å². The summed E-state index contributed by atoms with van der Waals surface area (Å²) in [5.74, 6) is 0.502. The van der Waals surface area contributed by atoms with Crippen molar-refractivity contribution in [3.8, 4) is 0 Å². The van der Waals surface area contributed by atoms with Gasteiger partial charge in [-0.2, -0.15) is 0 Å². The third kappa shape index (κ3) is 2.59. The molecule has 0 unspecified atom stereocenters. The van der Waals surface area contributed by atoms with Gasteiger partial charge in [-0.25, -0.2) is 0 Å². The fourth-order valence-corrected chi connectivity index (χ4v) is 1.45. The number of anilines is 1. The summed E-state index contributed by atoms with van der Waals surface area (Å²) >= 11 is 0. The number of benzene rings is 1. The summed E-state index contributed by atoms with van der Waals surface area (Å²) in [4.78, 5) is 0. The Morgan fingerprint density at radius 3 is 2.64 bits per heavy atom. The Bertz CT molecular complexity index is 340. The van der Waals surface area contributed by atoms with Crippen LogP contribution < -0.4 is 5.73 Å². The van der Waals surface area contributed by atoms with Crippen LogP contribution in [-0.2, 0) is 0 Å². The van der Waals surface area contributed by atoms with Gasteiger partial charge in [0.2, 0.25) is 0 Å². The van der Waals surface area contributed by atoms with Crippen LogP contribution in [0.25, 0.3) is 0 Å². The van der Waals surface area contributed by atoms with Crippen LogP contribution in [0.1, 0.15) is 31.4 Å². The van der Waals surface area contributed by atoms with Crippen LogP contribution in [0.3, 0.4) is 0 Å². The van der Waals surface area contributed by atoms with E-state index in [9.17, 15) is 0 Å². The first-order valence-electron chi connectivity index (χ1n) is 4.94. The molecule has 1 rings (SSSR count). The molecule has 0 aliphatic carbocycles. The molecule has 76 valence electrons. The minimum absolute atomic E-state index is 0.502. The highest BCUT2D eigenvalue weighted by Crippen LogP contribution is 2.17. The highest BCUT2D eigenvalue weighted by atomic mass is 14.6. The van der Waals surface area contributed by atoms with Crippen LogP contribution in [0.4, 0.5) is 5.69 Å². The van der Waals surface area contributed by atoms with Crippen molar-refractivity contribution in [2.24, 2.45) is 5.92 Å². The molecule has 1 aromatic rings. The summed E-state index contributed by atoms with van der Waals surface area (Å²) in [5, 5.41) is 7.92. The van der Waals surface area contributed by atoms with Gasteiger partial charge in [-0.3, -0.25) is 0 Å². The summed E-state index contributed by atoms with van der Waals surface area (Å²) in [6.45, 7) is 6.24. The standard InChI is InChI=1S/C12H18N2/c1-8(2)6-12(14)10-7-9(3)4-5-11(10)13/h4-5,7-8,14H,6,13H2,1-3H3. The van der Waals surface area contributed by atoms with Crippen molar-refractivity contribution in [3.05, 3.63) is 29.3 Å². The van der Waals surface area contributed by atoms with Crippen LogP contribution in [0.5, 0.6) is 0 Å². The second kappa shape index (κ2) is 4.27. The molecule has 0 heterocycles. The van der Waals surface area contributed by atoms with E-state index in [1.165, 1.54) is 0 Å². The average Bonchev–Trinajstić information content (AvgIpc) is 2.08. The van der Waals surface area contributed by atoms with Gasteiger partial charge in [-0.15, -0.1) is 0 Å². The van der Waals surface area contributed by atoms with Gasteiger partial charge in [-0.1, -0.05) is 25.5 Å². The van der Waals surface area contributed by atoms with Gasteiger partial charge in [0.25, 0.3) is 0 Å². The number of hydrogen-bond donors (Lipinski definition) is 2. The van der Waals surface area contributed by atoms with Crippen molar-refractivity contribution in [2.75, 3.05) is 5.73 Å². The minimum atomic E-state index is 0.502. The Labute approximate surface area is 85.6 Å². The molecule has 0 bridgehead atoms. The van der Waals surface area contributed by atoms with E-state index in [4.69, 9.17) is 11.1 Å². The van der Waals surface area contributed by atoms with Crippen molar-refractivity contribution < 1.29 is 0 Å². The lowest BCUT2D eigenvalue weighted by Crippen LogP contribution is -2.07. The molecule has 0 amide bonds. The fourth-order valence-electron chi connectivity index (χ4n) is 1.45. The van der Waals surface area contributed by atoms with Gasteiger partial charge in [0.1, 0.15) is 0 Å². The molecule has 14 heavy (non-hydrogen) atoms. The third-order valence-corrected chi connectivity index (χ3v) is 2.15. The van der Waals surface area contributed by atoms with Gasteiger partial charge < -0.3 is 11.1 Å². The second-order valence-electron chi connectivity index (χ2n) is 4.17. The lowest BCUT2D eigenvalue weighted by Gasteiger charge is -2.10. The molecule has 0 fully saturated rings. The zero-order valence-corrected chi connectivity index (χ0v) is 9.09. The number of nitrogen functional groups attached to an aromatic ring is 1. The molecule has 0 aliphatic heterocycles. The van der Waals surface area contributed by atoms with Gasteiger partial charge >= 0.3 is 0 Å². The normalized spacial score (nSPS) is 10.6. The number of hydrogen-bond acceptors (Lipinski definition) is 2. The molecule has 1 aromatic carbocycles. The number of aryl methyl sites for hydroxylation is 1. The van der Waals surface area contributed by atoms with E-state index >= 15 is 0 Å². The minimum Gasteiger partial charge on any atom is -0.398 e. The molecule has 2 heteroatoms. The number of rotatable bonds is 3. The van der Waals surface area contributed by atoms with E-state index < -0.39 is 0 Å². The summed E-state index contributed by atoms with van der Waals surface area (Å²) < 4.78 is 0. The smallest absolute Gasteiger partial charge is 0.0409 e. The van der Waals surface area contributed by atoms with Crippen molar-refractivity contribution in [2.45, 2.75) is 27.2 Å². The van der Waals surface area contributed by atoms with Crippen LogP contribution in [0.15, 0.2) is 18.2 Å². The molecule has 0 radical (unpaired) electrons. The topological polar surface area (TPSA) is 49.9 Å². The quantitative estimate of drug-likeness (QED) is 0.558. The number of nitrogens with one attached hydrogen (secondary N) is 1. The van der Waals surface area contributed by atoms with E-state index in [0.29, 0.717) is 17.3 Å². The second-order valence-corrected chi connectivity index (χ2v) is 4.17. The third-order valence-electron chi connectivity index (χ3n) is 2.15. The van der Waals surface area contributed by atoms with E-state index in [1.807, 2.05) is 25.1 Å². The Balaban J connectivity index is 2.94. The van der Waals surface area contributed by atoms with Crippen molar-refractivity contribution in [3.63, 3.8) is 0 Å². The number of nitrogens with two attached hydrogens (primary N) is 1. The fraction of sp³-hybridized carbons (Fsp3) is 0.417. The zero-order valence-electron chi connectivity index (χ0n) is 9.09. The summed E-state index contributed by atoms with van der Waals surface area (Å²) in [5.41, 5.74) is 9.22. The van der Waals surface area contributed by atoms with Crippen LogP contribution in [0, 0.1) is 18.3 Å². The maximum Gasteiger partial charge on any atom is 0.0409 e. The Kier molecular flexibility index (Phi) is 3.28. The molecule has 0 saturated carbocycles. The molecule has 0 spiro atoms. The first-order chi connectivity index (χ1) is 6.50. The van der Waals surface area contributed by atoms with Gasteiger partial charge in [0.05, 0.1) is 0 Å². The maximum absolute atomic E-state index is 7.92. The monoisotopic (exact) mass is 190 g/mol. The maximum atomic E-state index is 7.92. The first-order valence-corrected chi connectivity index (χ1v) is 4.94. The molecular weight excluding hydrogens is 172 g/mol. The first kappa shape index (κ1) is 10.8. The molecule has 2 nitrogen and oxygen atoms in total. The summed E-state index contributed by atoms with van der Waals surface area (Å²) in [7, 11) is 0. The average molecular weight is 190 g/mol. The Morgan fingerprint density at radius 1 is 1.43 bits per heavy atom. The van der Waals surface area contributed by atoms with E-state index in [2.05, 4.69) is 13.8 Å². The largest absolute Gasteiger partial charge is 0.398 e. The Morgan fingerprint density at radius 2 is 2.07 bits per heavy atom. The molecule has 0 aromatic heterocycles. The van der Waals surface area contributed by atoms with Crippen LogP contribution in [-0.4, -0.2) is 5.71 Å². The lowest BCUT2D eigenvalue weighted by molar-refractivity contribution is 0.682. The van der Waals surface area contributed by atoms with Gasteiger partial charge in [-0.05, 0) is 31.4 Å². The summed E-state index contributed by atoms with van der Waals surface area (Å²) in [6.07, 6.45) is 0.785. The lowest BCUT2D eigenvalue weighted by atomic mass is 9.98. The van der Waals surface area contributed by atoms with Gasteiger partial charge in [0.15, 0.2) is 0 Å². The predicted molar refractivity (Wildman–Crippen MR) is 61.9 cm³/mol. The van der Waals surface area contributed by atoms with E-state index in [0.717, 1.165) is 17.5 Å². The van der Waals surface area contributed by atoms with Crippen LogP contribution in [0.2, 0.25) is 0 Å². The molecular formula is C12H18N2. The predicted octanol–water partition coefficient (Wildman–Crippen LogP) is 2.99. The zero-order chi connectivity index (χ0) is 10.7. The van der Waals surface area contributed by atoms with Gasteiger partial charge in [0, 0.05) is 17.0 Å². The summed E-state index contributed by atoms with van der Waals surface area (Å²) in [6, 6.07) is 5.83. The van der Waals surface area contributed by atoms with E-state index in [-0.39, 0.29) is 0 Å². The SMILES string of the molecule is Cc1ccc(N)c(C(=N)CC(C)C)c1. The molecule has 3 N–H and O–H groups in total. The van der Waals surface area contributed by atoms with Crippen molar-refractivity contribution in [1.29, 1.82) is 5.41 Å². The van der Waals surface area contributed by atoms with E-state index in [1.54, 1.807) is 0 Å². The molecule has 0 saturated heterocycles.